The number of nitrogens with one attached hydrogen (secondary N) is 1. The van der Waals surface area contributed by atoms with Crippen molar-refractivity contribution >= 4 is 29.2 Å². The van der Waals surface area contributed by atoms with Crippen LogP contribution in [0.4, 0.5) is 11.4 Å². The number of anilines is 2. The number of carbonyl (C=O) groups is 3. The van der Waals surface area contributed by atoms with Crippen LogP contribution in [0.5, 0.6) is 0 Å². The van der Waals surface area contributed by atoms with Gasteiger partial charge in [0, 0.05) is 11.9 Å². The molecule has 0 radical (unpaired) electrons. The number of carbonyl (C=O) groups excluding carboxylic acids is 3. The van der Waals surface area contributed by atoms with Crippen LogP contribution in [0, 0.1) is 6.92 Å². The molecule has 8 nitrogen and oxygen atoms in total. The maximum atomic E-state index is 12.6. The third-order valence-electron chi connectivity index (χ3n) is 4.19. The summed E-state index contributed by atoms with van der Waals surface area (Å²) >= 11 is 0. The minimum Gasteiger partial charge on any atom is -0.465 e. The zero-order valence-corrected chi connectivity index (χ0v) is 17.2. The molecule has 1 aliphatic rings. The van der Waals surface area contributed by atoms with Crippen LogP contribution in [0.2, 0.25) is 0 Å². The lowest BCUT2D eigenvalue weighted by Crippen LogP contribution is -2.29. The van der Waals surface area contributed by atoms with E-state index in [4.69, 9.17) is 9.47 Å². The topological polar surface area (TPSA) is 88.2 Å². The number of nitrogens with zero attached hydrogens (tertiary/aromatic N) is 2. The van der Waals surface area contributed by atoms with Crippen LogP contribution in [0.1, 0.15) is 5.56 Å². The van der Waals surface area contributed by atoms with Crippen LogP contribution in [0.15, 0.2) is 53.9 Å². The smallest absolute Gasteiger partial charge is 0.355 e. The molecule has 1 aromatic rings. The number of hydrogen-bond donors (Lipinski definition) is 1. The first-order valence-corrected chi connectivity index (χ1v) is 8.89. The van der Waals surface area contributed by atoms with Crippen molar-refractivity contribution in [1.82, 2.24) is 4.90 Å². The SMILES string of the molecule is COC(=O)C1=C(C(=O)OC)N(c2cccc(NC(=O)CN(C)C)c2C)C=CC=C1. The van der Waals surface area contributed by atoms with Crippen molar-refractivity contribution in [1.29, 1.82) is 0 Å². The van der Waals surface area contributed by atoms with Crippen LogP contribution in [0.25, 0.3) is 0 Å². The molecule has 1 amide bonds. The third kappa shape index (κ3) is 5.11. The number of allylic oxidation sites excluding steroid dienone is 2. The number of ether oxygens (including phenoxy) is 2. The molecular weight excluding hydrogens is 374 g/mol. The van der Waals surface area contributed by atoms with Crippen molar-refractivity contribution in [3.8, 4) is 0 Å². The molecule has 8 heteroatoms. The lowest BCUT2D eigenvalue weighted by Gasteiger charge is -2.26. The van der Waals surface area contributed by atoms with Crippen LogP contribution in [-0.2, 0) is 23.9 Å². The molecule has 0 spiro atoms. The number of methoxy groups -OCH3 is 2. The highest BCUT2D eigenvalue weighted by molar-refractivity contribution is 6.06. The summed E-state index contributed by atoms with van der Waals surface area (Å²) in [7, 11) is 6.09. The molecule has 0 fully saturated rings. The summed E-state index contributed by atoms with van der Waals surface area (Å²) in [5.41, 5.74) is 2.00. The zero-order chi connectivity index (χ0) is 21.6. The fraction of sp³-hybridized carbons (Fsp3) is 0.286. The zero-order valence-electron chi connectivity index (χ0n) is 17.2. The van der Waals surface area contributed by atoms with Crippen LogP contribution < -0.4 is 10.2 Å². The van der Waals surface area contributed by atoms with Gasteiger partial charge < -0.3 is 24.6 Å². The highest BCUT2D eigenvalue weighted by atomic mass is 16.5. The summed E-state index contributed by atoms with van der Waals surface area (Å²) in [6.45, 7) is 2.05. The number of esters is 2. The van der Waals surface area contributed by atoms with Gasteiger partial charge in [-0.2, -0.15) is 0 Å². The Kier molecular flexibility index (Phi) is 7.33. The Morgan fingerprint density at radius 2 is 1.76 bits per heavy atom. The molecule has 0 bridgehead atoms. The monoisotopic (exact) mass is 399 g/mol. The highest BCUT2D eigenvalue weighted by Gasteiger charge is 2.28. The number of benzene rings is 1. The second-order valence-corrected chi connectivity index (χ2v) is 6.55. The van der Waals surface area contributed by atoms with E-state index in [1.54, 1.807) is 60.4 Å². The molecule has 0 saturated carbocycles. The first-order valence-electron chi connectivity index (χ1n) is 8.89. The van der Waals surface area contributed by atoms with Gasteiger partial charge in [0.15, 0.2) is 0 Å². The van der Waals surface area contributed by atoms with Gasteiger partial charge in [0.2, 0.25) is 5.91 Å². The molecule has 2 rings (SSSR count). The van der Waals surface area contributed by atoms with Gasteiger partial charge in [-0.05, 0) is 50.9 Å². The van der Waals surface area contributed by atoms with E-state index < -0.39 is 11.9 Å². The van der Waals surface area contributed by atoms with E-state index in [1.807, 2.05) is 6.92 Å². The summed E-state index contributed by atoms with van der Waals surface area (Å²) in [5.74, 6) is -1.52. The Labute approximate surface area is 170 Å². The van der Waals surface area contributed by atoms with E-state index >= 15 is 0 Å². The fourth-order valence-corrected chi connectivity index (χ4v) is 2.85. The van der Waals surface area contributed by atoms with Crippen LogP contribution in [-0.4, -0.2) is 57.6 Å². The minimum absolute atomic E-state index is 0.0178. The number of amides is 1. The second-order valence-electron chi connectivity index (χ2n) is 6.55. The minimum atomic E-state index is -0.692. The summed E-state index contributed by atoms with van der Waals surface area (Å²) in [6, 6.07) is 5.31. The molecule has 0 aromatic heterocycles. The van der Waals surface area contributed by atoms with Crippen molar-refractivity contribution in [3.63, 3.8) is 0 Å². The van der Waals surface area contributed by atoms with Gasteiger partial charge in [0.05, 0.1) is 32.0 Å². The van der Waals surface area contributed by atoms with Gasteiger partial charge in [-0.1, -0.05) is 12.1 Å². The van der Waals surface area contributed by atoms with E-state index in [2.05, 4.69) is 5.32 Å². The number of hydrogen-bond acceptors (Lipinski definition) is 7. The van der Waals surface area contributed by atoms with E-state index in [0.717, 1.165) is 5.56 Å². The summed E-state index contributed by atoms with van der Waals surface area (Å²) in [4.78, 5) is 40.3. The van der Waals surface area contributed by atoms with Gasteiger partial charge in [-0.3, -0.25) is 4.79 Å². The summed E-state index contributed by atoms with van der Waals surface area (Å²) < 4.78 is 9.74. The van der Waals surface area contributed by atoms with Crippen LogP contribution in [0.3, 0.4) is 0 Å². The molecule has 154 valence electrons. The molecule has 1 aromatic carbocycles. The van der Waals surface area contributed by atoms with E-state index in [-0.39, 0.29) is 23.7 Å². The first kappa shape index (κ1) is 21.9. The van der Waals surface area contributed by atoms with Crippen molar-refractivity contribution < 1.29 is 23.9 Å². The van der Waals surface area contributed by atoms with Crippen molar-refractivity contribution in [3.05, 3.63) is 59.5 Å². The molecule has 0 saturated heterocycles. The molecule has 1 aliphatic heterocycles. The van der Waals surface area contributed by atoms with Gasteiger partial charge in [0.1, 0.15) is 5.70 Å². The van der Waals surface area contributed by atoms with E-state index in [0.29, 0.717) is 11.4 Å². The molecule has 1 N–H and O–H groups in total. The number of likely N-dealkylation sites (N-methyl/N-ethyl adjacent to an activating group) is 1. The Morgan fingerprint density at radius 3 is 2.38 bits per heavy atom. The molecule has 0 aliphatic carbocycles. The number of rotatable bonds is 6. The molecule has 1 heterocycles. The van der Waals surface area contributed by atoms with Crippen molar-refractivity contribution in [2.24, 2.45) is 0 Å². The van der Waals surface area contributed by atoms with Gasteiger partial charge in [-0.25, -0.2) is 9.59 Å². The highest BCUT2D eigenvalue weighted by Crippen LogP contribution is 2.32. The van der Waals surface area contributed by atoms with Gasteiger partial charge in [0.25, 0.3) is 0 Å². The molecule has 0 unspecified atom stereocenters. The Hall–Kier alpha value is -3.39. The summed E-state index contributed by atoms with van der Waals surface area (Å²) in [5, 5.41) is 2.87. The Morgan fingerprint density at radius 1 is 1.07 bits per heavy atom. The van der Waals surface area contributed by atoms with Crippen LogP contribution >= 0.6 is 0 Å². The largest absolute Gasteiger partial charge is 0.465 e. The predicted octanol–water partition coefficient (Wildman–Crippen LogP) is 1.99. The normalized spacial score (nSPS) is 13.4. The maximum absolute atomic E-state index is 12.6. The molecular formula is C21H25N3O5. The fourth-order valence-electron chi connectivity index (χ4n) is 2.85. The maximum Gasteiger partial charge on any atom is 0.355 e. The van der Waals surface area contributed by atoms with Crippen molar-refractivity contribution in [2.45, 2.75) is 6.92 Å². The predicted molar refractivity (Wildman–Crippen MR) is 110 cm³/mol. The van der Waals surface area contributed by atoms with Crippen molar-refractivity contribution in [2.75, 3.05) is 45.1 Å². The lowest BCUT2D eigenvalue weighted by atomic mass is 10.1. The lowest BCUT2D eigenvalue weighted by molar-refractivity contribution is -0.139. The van der Waals surface area contributed by atoms with Gasteiger partial charge >= 0.3 is 11.9 Å². The first-order chi connectivity index (χ1) is 13.8. The second kappa shape index (κ2) is 9.70. The average molecular weight is 399 g/mol. The van der Waals surface area contributed by atoms with E-state index in [9.17, 15) is 14.4 Å². The molecule has 0 atom stereocenters. The average Bonchev–Trinajstić information content (AvgIpc) is 2.90. The Balaban J connectivity index is 2.56. The third-order valence-corrected chi connectivity index (χ3v) is 4.19. The van der Waals surface area contributed by atoms with E-state index in [1.165, 1.54) is 20.3 Å². The Bertz CT molecular complexity index is 900. The summed E-state index contributed by atoms with van der Waals surface area (Å²) in [6.07, 6.45) is 6.46. The standard InChI is InChI=1S/C21H25N3O5/c1-14-16(22-18(25)13-23(2)3)10-8-11-17(14)24-12-7-6-9-15(20(26)28-4)19(24)21(27)29-5/h6-12H,13H2,1-5H3,(H,22,25). The van der Waals surface area contributed by atoms with Gasteiger partial charge in [-0.15, -0.1) is 0 Å². The molecule has 29 heavy (non-hydrogen) atoms. The quantitative estimate of drug-likeness (QED) is 0.732.